The number of aromatic hydroxyl groups is 1. The second kappa shape index (κ2) is 7.50. The number of aromatic amines is 1. The minimum absolute atomic E-state index is 0.0524. The van der Waals surface area contributed by atoms with Crippen molar-refractivity contribution < 1.29 is 29.6 Å². The standard InChI is InChI=1S/C33H34N4O6/c1-17-30(4,5)36-23-12-11-18(38)15-21(23)31(41)27(43-6)32(42)28(40)35-14-13-29(2,3)25-20(19-9-7-8-10-22(19)34-25)16-24(35)26(39)37(32)33(17,31)36/h7-17,27,34,38,41-42H,1-6H3/b14-13-,24-16-/t17-,27+,31+,32+,33+/m0/s1. The number of aliphatic hydroxyl groups is 2. The van der Waals surface area contributed by atoms with Crippen molar-refractivity contribution in [3.63, 3.8) is 0 Å². The van der Waals surface area contributed by atoms with E-state index < -0.39 is 51.8 Å². The number of aromatic nitrogens is 1. The van der Waals surface area contributed by atoms with Crippen molar-refractivity contribution in [1.82, 2.24) is 14.8 Å². The van der Waals surface area contributed by atoms with E-state index in [0.29, 0.717) is 5.69 Å². The van der Waals surface area contributed by atoms with E-state index in [2.05, 4.69) is 4.98 Å². The normalized spacial score (nSPS) is 36.4. The number of carbonyl (C=O) groups is 2. The van der Waals surface area contributed by atoms with E-state index in [9.17, 15) is 20.1 Å². The fourth-order valence-electron chi connectivity index (χ4n) is 8.88. The van der Waals surface area contributed by atoms with Crippen LogP contribution in [0, 0.1) is 5.92 Å². The molecule has 5 aliphatic rings. The maximum Gasteiger partial charge on any atom is 0.287 e. The van der Waals surface area contributed by atoms with E-state index in [1.54, 1.807) is 12.1 Å². The van der Waals surface area contributed by atoms with Crippen molar-refractivity contribution in [3.05, 3.63) is 77.3 Å². The quantitative estimate of drug-likeness (QED) is 0.347. The van der Waals surface area contributed by atoms with Gasteiger partial charge in [0.25, 0.3) is 17.5 Å². The molecule has 2 aromatic carbocycles. The summed E-state index contributed by atoms with van der Waals surface area (Å²) in [5.74, 6) is -1.96. The Balaban J connectivity index is 1.44. The summed E-state index contributed by atoms with van der Waals surface area (Å²) in [6.07, 6.45) is 3.50. The van der Waals surface area contributed by atoms with Gasteiger partial charge in [0.15, 0.2) is 17.4 Å². The van der Waals surface area contributed by atoms with Crippen LogP contribution in [0.5, 0.6) is 5.75 Å². The Morgan fingerprint density at radius 2 is 1.72 bits per heavy atom. The zero-order valence-corrected chi connectivity index (χ0v) is 24.8. The fraction of sp³-hybridized carbons (Fsp3) is 0.394. The molecule has 10 heteroatoms. The Hall–Kier alpha value is -4.12. The third-order valence-electron chi connectivity index (χ3n) is 11.0. The first-order valence-corrected chi connectivity index (χ1v) is 14.5. The minimum atomic E-state index is -2.57. The van der Waals surface area contributed by atoms with Crippen LogP contribution in [-0.4, -0.2) is 72.1 Å². The molecule has 10 nitrogen and oxygen atoms in total. The number of phenolic OH excluding ortho intramolecular Hbond substituents is 1. The minimum Gasteiger partial charge on any atom is -0.508 e. The van der Waals surface area contributed by atoms with Gasteiger partial charge in [-0.3, -0.25) is 19.4 Å². The maximum atomic E-state index is 15.0. The SMILES string of the molecule is CO[C@@H]1[C@]2(O)c3cc(O)ccc3N3C(C)(C)[C@H](C)[C@]32N2C(=O)/C3=C/c4c([nH]c5ccccc45)C(C)(C)/C=C\N3C(=O)[C@]12O. The van der Waals surface area contributed by atoms with Crippen LogP contribution in [0.2, 0.25) is 0 Å². The summed E-state index contributed by atoms with van der Waals surface area (Å²) < 4.78 is 5.86. The number of anilines is 1. The Morgan fingerprint density at radius 3 is 2.44 bits per heavy atom. The average Bonchev–Trinajstić information content (AvgIpc) is 3.49. The molecule has 4 N–H and O–H groups in total. The number of nitrogens with one attached hydrogen (secondary N) is 1. The van der Waals surface area contributed by atoms with Gasteiger partial charge < -0.3 is 29.9 Å². The third kappa shape index (κ3) is 2.53. The number of piperazine rings is 1. The Kier molecular flexibility index (Phi) is 4.62. The zero-order chi connectivity index (χ0) is 30.6. The predicted molar refractivity (Wildman–Crippen MR) is 158 cm³/mol. The van der Waals surface area contributed by atoms with Crippen LogP contribution >= 0.6 is 0 Å². The summed E-state index contributed by atoms with van der Waals surface area (Å²) in [6, 6.07) is 12.4. The number of phenols is 1. The first-order valence-electron chi connectivity index (χ1n) is 14.5. The number of hydrogen-bond donors (Lipinski definition) is 4. The van der Waals surface area contributed by atoms with E-state index >= 15 is 4.79 Å². The Morgan fingerprint density at radius 1 is 1.00 bits per heavy atom. The van der Waals surface area contributed by atoms with Gasteiger partial charge in [0.2, 0.25) is 0 Å². The molecule has 3 aromatic rings. The van der Waals surface area contributed by atoms with Crippen LogP contribution < -0.4 is 4.90 Å². The van der Waals surface area contributed by atoms with Crippen LogP contribution in [-0.2, 0) is 25.3 Å². The number of benzene rings is 2. The Bertz CT molecular complexity index is 1870. The van der Waals surface area contributed by atoms with E-state index in [0.717, 1.165) is 22.2 Å². The summed E-state index contributed by atoms with van der Waals surface area (Å²) >= 11 is 0. The highest BCUT2D eigenvalue weighted by Gasteiger charge is 2.91. The van der Waals surface area contributed by atoms with Crippen molar-refractivity contribution >= 4 is 34.5 Å². The number of rotatable bonds is 1. The van der Waals surface area contributed by atoms with Gasteiger partial charge in [0.1, 0.15) is 11.4 Å². The summed E-state index contributed by atoms with van der Waals surface area (Å²) in [4.78, 5) is 37.5. The van der Waals surface area contributed by atoms with Gasteiger partial charge in [-0.15, -0.1) is 0 Å². The monoisotopic (exact) mass is 582 g/mol. The number of H-pyrrole nitrogens is 1. The van der Waals surface area contributed by atoms with Gasteiger partial charge in [-0.1, -0.05) is 45.0 Å². The second-order valence-electron chi connectivity index (χ2n) is 13.6. The largest absolute Gasteiger partial charge is 0.508 e. The number of ether oxygens (including phenoxy) is 1. The van der Waals surface area contributed by atoms with Gasteiger partial charge in [0.05, 0.1) is 0 Å². The van der Waals surface area contributed by atoms with Gasteiger partial charge >= 0.3 is 0 Å². The molecule has 222 valence electrons. The highest BCUT2D eigenvalue weighted by Crippen LogP contribution is 2.74. The van der Waals surface area contributed by atoms with E-state index in [-0.39, 0.29) is 17.0 Å². The number of carbonyl (C=O) groups excluding carboxylic acids is 2. The van der Waals surface area contributed by atoms with Gasteiger partial charge in [-0.05, 0) is 44.2 Å². The number of hydrogen-bond acceptors (Lipinski definition) is 7. The lowest BCUT2D eigenvalue weighted by atomic mass is 9.61. The molecule has 0 unspecified atom stereocenters. The second-order valence-corrected chi connectivity index (χ2v) is 13.6. The highest BCUT2D eigenvalue weighted by atomic mass is 16.5. The number of fused-ring (bicyclic) bond motifs is 8. The van der Waals surface area contributed by atoms with Crippen LogP contribution in [0.4, 0.5) is 5.69 Å². The van der Waals surface area contributed by atoms with Gasteiger partial charge in [0, 0.05) is 63.6 Å². The number of amides is 2. The first kappa shape index (κ1) is 26.5. The lowest BCUT2D eigenvalue weighted by Crippen LogP contribution is -2.87. The molecule has 8 rings (SSSR count). The molecule has 2 amide bonds. The third-order valence-corrected chi connectivity index (χ3v) is 11.0. The fourth-order valence-corrected chi connectivity index (χ4v) is 8.88. The van der Waals surface area contributed by atoms with Crippen LogP contribution in [0.25, 0.3) is 17.0 Å². The first-order chi connectivity index (χ1) is 20.2. The molecule has 3 saturated heterocycles. The van der Waals surface area contributed by atoms with Gasteiger partial charge in [-0.2, -0.15) is 0 Å². The molecule has 5 atom stereocenters. The molecule has 1 spiro atoms. The van der Waals surface area contributed by atoms with Crippen molar-refractivity contribution in [3.8, 4) is 5.75 Å². The highest BCUT2D eigenvalue weighted by molar-refractivity contribution is 6.12. The van der Waals surface area contributed by atoms with Crippen LogP contribution in [0.1, 0.15) is 51.4 Å². The topological polar surface area (TPSA) is 130 Å². The lowest BCUT2D eigenvalue weighted by Gasteiger charge is -2.70. The molecule has 6 heterocycles. The van der Waals surface area contributed by atoms with Crippen molar-refractivity contribution in [2.45, 2.75) is 68.7 Å². The summed E-state index contributed by atoms with van der Waals surface area (Å²) in [5.41, 5.74) is -3.90. The summed E-state index contributed by atoms with van der Waals surface area (Å²) in [6.45, 7) is 9.90. The molecule has 0 bridgehead atoms. The lowest BCUT2D eigenvalue weighted by molar-refractivity contribution is -0.213. The summed E-state index contributed by atoms with van der Waals surface area (Å²) in [7, 11) is 1.31. The van der Waals surface area contributed by atoms with E-state index in [1.807, 2.05) is 69.9 Å². The zero-order valence-electron chi connectivity index (χ0n) is 24.8. The Labute approximate surface area is 248 Å². The van der Waals surface area contributed by atoms with E-state index in [4.69, 9.17) is 4.74 Å². The van der Waals surface area contributed by atoms with Crippen LogP contribution in [0.3, 0.4) is 0 Å². The maximum absolute atomic E-state index is 15.0. The number of para-hydroxylation sites is 1. The summed E-state index contributed by atoms with van der Waals surface area (Å²) in [5, 5.41) is 37.0. The molecule has 43 heavy (non-hydrogen) atoms. The van der Waals surface area contributed by atoms with E-state index in [1.165, 1.54) is 35.2 Å². The van der Waals surface area contributed by atoms with Crippen molar-refractivity contribution in [2.75, 3.05) is 12.0 Å². The molecule has 1 aromatic heterocycles. The van der Waals surface area contributed by atoms with Crippen molar-refractivity contribution in [1.29, 1.82) is 0 Å². The smallest absolute Gasteiger partial charge is 0.287 e. The molecular weight excluding hydrogens is 548 g/mol. The molecule has 3 fully saturated rings. The molecule has 0 aliphatic carbocycles. The van der Waals surface area contributed by atoms with Gasteiger partial charge in [-0.25, -0.2) is 0 Å². The number of nitrogens with zero attached hydrogens (tertiary/aromatic N) is 3. The number of methoxy groups -OCH3 is 1. The van der Waals surface area contributed by atoms with Crippen molar-refractivity contribution in [2.24, 2.45) is 5.92 Å². The molecule has 5 aliphatic heterocycles. The predicted octanol–water partition coefficient (Wildman–Crippen LogP) is 3.24. The molecule has 0 saturated carbocycles. The van der Waals surface area contributed by atoms with Crippen LogP contribution in [0.15, 0.2) is 60.4 Å². The number of allylic oxidation sites excluding steroid dienone is 1. The average molecular weight is 583 g/mol. The molecule has 0 radical (unpaired) electrons. The molecular formula is C33H34N4O6.